The summed E-state index contributed by atoms with van der Waals surface area (Å²) in [6, 6.07) is 6.15. The van der Waals surface area contributed by atoms with E-state index in [0.29, 0.717) is 0 Å². The van der Waals surface area contributed by atoms with Crippen LogP contribution in [0, 0.1) is 5.82 Å². The standard InChI is InChI=1S/C11H9FN2O2S/c1-7(15)6-17-11-14-13-10(16-11)8-4-2-3-5-9(8)12/h2-5H,6H2,1H3. The molecule has 0 N–H and O–H groups in total. The molecule has 0 radical (unpaired) electrons. The minimum atomic E-state index is -0.417. The highest BCUT2D eigenvalue weighted by Gasteiger charge is 2.12. The van der Waals surface area contributed by atoms with Crippen molar-refractivity contribution in [2.45, 2.75) is 12.1 Å². The van der Waals surface area contributed by atoms with E-state index in [1.165, 1.54) is 13.0 Å². The second kappa shape index (κ2) is 5.09. The van der Waals surface area contributed by atoms with Crippen molar-refractivity contribution < 1.29 is 13.6 Å². The average molecular weight is 252 g/mol. The summed E-state index contributed by atoms with van der Waals surface area (Å²) in [7, 11) is 0. The van der Waals surface area contributed by atoms with Crippen molar-refractivity contribution in [2.75, 3.05) is 5.75 Å². The van der Waals surface area contributed by atoms with Gasteiger partial charge in [-0.1, -0.05) is 23.9 Å². The maximum atomic E-state index is 13.4. The summed E-state index contributed by atoms with van der Waals surface area (Å²) >= 11 is 1.14. The highest BCUT2D eigenvalue weighted by molar-refractivity contribution is 7.99. The Kier molecular flexibility index (Phi) is 3.53. The normalized spacial score (nSPS) is 10.5. The van der Waals surface area contributed by atoms with Crippen LogP contribution in [0.15, 0.2) is 33.9 Å². The van der Waals surface area contributed by atoms with E-state index in [1.54, 1.807) is 18.2 Å². The summed E-state index contributed by atoms with van der Waals surface area (Å²) in [6.45, 7) is 1.47. The molecule has 0 fully saturated rings. The molecule has 2 rings (SSSR count). The van der Waals surface area contributed by atoms with Gasteiger partial charge in [0.1, 0.15) is 11.6 Å². The molecule has 0 amide bonds. The minimum Gasteiger partial charge on any atom is -0.411 e. The van der Waals surface area contributed by atoms with Crippen molar-refractivity contribution in [3.8, 4) is 11.5 Å². The van der Waals surface area contributed by atoms with Gasteiger partial charge < -0.3 is 4.42 Å². The number of rotatable bonds is 4. The number of ketones is 1. The fourth-order valence-electron chi connectivity index (χ4n) is 1.17. The summed E-state index contributed by atoms with van der Waals surface area (Å²) in [5.41, 5.74) is 0.259. The first-order valence-electron chi connectivity index (χ1n) is 4.87. The van der Waals surface area contributed by atoms with E-state index in [1.807, 2.05) is 0 Å². The second-order valence-electron chi connectivity index (χ2n) is 3.34. The quantitative estimate of drug-likeness (QED) is 0.783. The molecule has 4 nitrogen and oxygen atoms in total. The number of hydrogen-bond acceptors (Lipinski definition) is 5. The number of aromatic nitrogens is 2. The number of halogens is 1. The zero-order chi connectivity index (χ0) is 12.3. The summed E-state index contributed by atoms with van der Waals surface area (Å²) in [5.74, 6) is -0.0205. The summed E-state index contributed by atoms with van der Waals surface area (Å²) in [4.78, 5) is 10.8. The smallest absolute Gasteiger partial charge is 0.277 e. The molecule has 1 aromatic heterocycles. The van der Waals surface area contributed by atoms with Gasteiger partial charge in [0.15, 0.2) is 0 Å². The molecule has 0 bridgehead atoms. The third-order valence-corrected chi connectivity index (χ3v) is 2.87. The summed E-state index contributed by atoms with van der Waals surface area (Å²) in [6.07, 6.45) is 0. The predicted molar refractivity (Wildman–Crippen MR) is 61.1 cm³/mol. The molecule has 0 saturated carbocycles. The van der Waals surface area contributed by atoms with Crippen LogP contribution in [-0.2, 0) is 4.79 Å². The lowest BCUT2D eigenvalue weighted by atomic mass is 10.2. The first-order chi connectivity index (χ1) is 8.16. The van der Waals surface area contributed by atoms with E-state index >= 15 is 0 Å². The lowest BCUT2D eigenvalue weighted by molar-refractivity contribution is -0.114. The number of carbonyl (C=O) groups excluding carboxylic acids is 1. The van der Waals surface area contributed by atoms with Crippen molar-refractivity contribution in [3.63, 3.8) is 0 Å². The van der Waals surface area contributed by atoms with Gasteiger partial charge in [-0.2, -0.15) is 0 Å². The van der Waals surface area contributed by atoms with Gasteiger partial charge in [0.2, 0.25) is 0 Å². The van der Waals surface area contributed by atoms with Gasteiger partial charge in [-0.05, 0) is 19.1 Å². The van der Waals surface area contributed by atoms with Crippen LogP contribution in [0.3, 0.4) is 0 Å². The second-order valence-corrected chi connectivity index (χ2v) is 4.27. The number of hydrogen-bond donors (Lipinski definition) is 0. The van der Waals surface area contributed by atoms with Crippen LogP contribution in [0.5, 0.6) is 0 Å². The molecule has 2 aromatic rings. The Bertz CT molecular complexity index is 542. The molecule has 6 heteroatoms. The Morgan fingerprint density at radius 1 is 1.41 bits per heavy atom. The highest BCUT2D eigenvalue weighted by Crippen LogP contribution is 2.24. The van der Waals surface area contributed by atoms with Crippen molar-refractivity contribution in [1.29, 1.82) is 0 Å². The van der Waals surface area contributed by atoms with Crippen LogP contribution in [0.25, 0.3) is 11.5 Å². The Hall–Kier alpha value is -1.69. The van der Waals surface area contributed by atoms with Crippen LogP contribution >= 0.6 is 11.8 Å². The van der Waals surface area contributed by atoms with Gasteiger partial charge >= 0.3 is 0 Å². The maximum absolute atomic E-state index is 13.4. The van der Waals surface area contributed by atoms with E-state index in [-0.39, 0.29) is 28.2 Å². The van der Waals surface area contributed by atoms with Crippen molar-refractivity contribution >= 4 is 17.5 Å². The molecule has 0 aliphatic rings. The fraction of sp³-hybridized carbons (Fsp3) is 0.182. The lowest BCUT2D eigenvalue weighted by Gasteiger charge is -1.95. The highest BCUT2D eigenvalue weighted by atomic mass is 32.2. The number of Topliss-reactive ketones (excluding diaryl/α,β-unsaturated/α-hetero) is 1. The summed E-state index contributed by atoms with van der Waals surface area (Å²) in [5, 5.41) is 7.73. The molecule has 88 valence electrons. The van der Waals surface area contributed by atoms with Crippen LogP contribution in [0.1, 0.15) is 6.92 Å². The van der Waals surface area contributed by atoms with Crippen molar-refractivity contribution in [2.24, 2.45) is 0 Å². The van der Waals surface area contributed by atoms with Crippen LogP contribution in [-0.4, -0.2) is 21.7 Å². The van der Waals surface area contributed by atoms with Gasteiger partial charge in [0.05, 0.1) is 11.3 Å². The molecular formula is C11H9FN2O2S. The largest absolute Gasteiger partial charge is 0.411 e. The summed E-state index contributed by atoms with van der Waals surface area (Å²) < 4.78 is 18.7. The van der Waals surface area contributed by atoms with Gasteiger partial charge in [-0.3, -0.25) is 4.79 Å². The zero-order valence-electron chi connectivity index (χ0n) is 9.01. The molecule has 0 unspecified atom stereocenters. The van der Waals surface area contributed by atoms with E-state index in [0.717, 1.165) is 11.8 Å². The monoisotopic (exact) mass is 252 g/mol. The van der Waals surface area contributed by atoms with Crippen molar-refractivity contribution in [1.82, 2.24) is 10.2 Å². The number of nitrogens with zero attached hydrogens (tertiary/aromatic N) is 2. The van der Waals surface area contributed by atoms with E-state index in [9.17, 15) is 9.18 Å². The molecule has 17 heavy (non-hydrogen) atoms. The number of thioether (sulfide) groups is 1. The molecule has 0 atom stereocenters. The third-order valence-electron chi connectivity index (χ3n) is 1.91. The Labute approximate surface area is 101 Å². The first kappa shape index (κ1) is 11.8. The average Bonchev–Trinajstić information content (AvgIpc) is 2.75. The molecule has 0 spiro atoms. The van der Waals surface area contributed by atoms with Gasteiger partial charge in [-0.25, -0.2) is 4.39 Å². The first-order valence-corrected chi connectivity index (χ1v) is 5.86. The van der Waals surface area contributed by atoms with E-state index in [2.05, 4.69) is 10.2 Å². The third kappa shape index (κ3) is 2.91. The molecule has 1 aromatic carbocycles. The van der Waals surface area contributed by atoms with Crippen LogP contribution in [0.2, 0.25) is 0 Å². The number of carbonyl (C=O) groups is 1. The van der Waals surface area contributed by atoms with Gasteiger partial charge in [0.25, 0.3) is 11.1 Å². The van der Waals surface area contributed by atoms with Gasteiger partial charge in [-0.15, -0.1) is 10.2 Å². The van der Waals surface area contributed by atoms with E-state index in [4.69, 9.17) is 4.42 Å². The maximum Gasteiger partial charge on any atom is 0.277 e. The SMILES string of the molecule is CC(=O)CSc1nnc(-c2ccccc2F)o1. The van der Waals surface area contributed by atoms with Crippen molar-refractivity contribution in [3.05, 3.63) is 30.1 Å². The predicted octanol–water partition coefficient (Wildman–Crippen LogP) is 2.56. The Morgan fingerprint density at radius 3 is 2.88 bits per heavy atom. The zero-order valence-corrected chi connectivity index (χ0v) is 9.83. The minimum absolute atomic E-state index is 0.0145. The van der Waals surface area contributed by atoms with Crippen LogP contribution in [0.4, 0.5) is 4.39 Å². The van der Waals surface area contributed by atoms with E-state index < -0.39 is 5.82 Å². The van der Waals surface area contributed by atoms with Crippen LogP contribution < -0.4 is 0 Å². The molecular weight excluding hydrogens is 243 g/mol. The topological polar surface area (TPSA) is 56.0 Å². The number of benzene rings is 1. The van der Waals surface area contributed by atoms with Gasteiger partial charge in [0, 0.05) is 0 Å². The fourth-order valence-corrected chi connectivity index (χ4v) is 1.74. The molecule has 0 aliphatic heterocycles. The molecule has 0 saturated heterocycles. The molecule has 1 heterocycles. The Morgan fingerprint density at radius 2 is 2.18 bits per heavy atom. The lowest BCUT2D eigenvalue weighted by Crippen LogP contribution is -1.92. The molecule has 0 aliphatic carbocycles. The Balaban J connectivity index is 2.18.